The Morgan fingerprint density at radius 1 is 1.09 bits per heavy atom. The number of benzene rings is 1. The van der Waals surface area contributed by atoms with Crippen LogP contribution in [0.4, 0.5) is 0 Å². The molecule has 3 nitrogen and oxygen atoms in total. The number of piperidine rings is 1. The number of ether oxygens (including phenoxy) is 1. The molecule has 0 spiro atoms. The molecular formula is C20H27NO2. The molecule has 0 amide bonds. The predicted molar refractivity (Wildman–Crippen MR) is 90.1 cm³/mol. The Balaban J connectivity index is 1.41. The highest BCUT2D eigenvalue weighted by Crippen LogP contribution is 2.36. The zero-order valence-electron chi connectivity index (χ0n) is 13.8. The molecule has 2 unspecified atom stereocenters. The van der Waals surface area contributed by atoms with Gasteiger partial charge in [0.25, 0.3) is 0 Å². The van der Waals surface area contributed by atoms with E-state index in [9.17, 15) is 4.79 Å². The van der Waals surface area contributed by atoms with Crippen molar-refractivity contribution in [2.75, 3.05) is 13.2 Å². The Labute approximate surface area is 139 Å². The zero-order chi connectivity index (χ0) is 15.6. The molecule has 3 fully saturated rings. The van der Waals surface area contributed by atoms with Crippen molar-refractivity contribution in [1.82, 2.24) is 4.90 Å². The van der Waals surface area contributed by atoms with E-state index in [1.807, 2.05) is 0 Å². The van der Waals surface area contributed by atoms with Gasteiger partial charge in [-0.15, -0.1) is 0 Å². The SMILES string of the molecule is O=C(CC1CCC1)C1CC2COCC(C1)N2Cc1ccccc1. The second kappa shape index (κ2) is 6.74. The lowest BCUT2D eigenvalue weighted by Crippen LogP contribution is -2.57. The number of hydrogen-bond acceptors (Lipinski definition) is 3. The van der Waals surface area contributed by atoms with Crippen molar-refractivity contribution in [2.45, 2.75) is 57.2 Å². The van der Waals surface area contributed by atoms with Gasteiger partial charge in [0, 0.05) is 31.0 Å². The Hall–Kier alpha value is -1.19. The molecule has 0 aromatic heterocycles. The molecule has 3 aliphatic rings. The van der Waals surface area contributed by atoms with Crippen molar-refractivity contribution in [1.29, 1.82) is 0 Å². The summed E-state index contributed by atoms with van der Waals surface area (Å²) in [6.07, 6.45) is 6.70. The number of ketones is 1. The van der Waals surface area contributed by atoms with Crippen LogP contribution in [0.2, 0.25) is 0 Å². The molecule has 2 bridgehead atoms. The lowest BCUT2D eigenvalue weighted by Gasteiger charge is -2.48. The maximum atomic E-state index is 12.6. The first-order chi connectivity index (χ1) is 11.3. The van der Waals surface area contributed by atoms with Crippen LogP contribution in [0.15, 0.2) is 30.3 Å². The average molecular weight is 313 g/mol. The Morgan fingerprint density at radius 3 is 2.39 bits per heavy atom. The van der Waals surface area contributed by atoms with E-state index in [1.165, 1.54) is 24.8 Å². The van der Waals surface area contributed by atoms with Crippen molar-refractivity contribution < 1.29 is 9.53 Å². The molecule has 2 saturated heterocycles. The molecule has 1 aromatic carbocycles. The fraction of sp³-hybridized carbons (Fsp3) is 0.650. The van der Waals surface area contributed by atoms with E-state index in [1.54, 1.807) is 0 Å². The zero-order valence-corrected chi connectivity index (χ0v) is 13.8. The molecule has 1 aliphatic carbocycles. The van der Waals surface area contributed by atoms with E-state index in [4.69, 9.17) is 4.74 Å². The molecule has 3 heteroatoms. The summed E-state index contributed by atoms with van der Waals surface area (Å²) in [5.74, 6) is 1.51. The highest BCUT2D eigenvalue weighted by atomic mass is 16.5. The van der Waals surface area contributed by atoms with Crippen LogP contribution in [-0.2, 0) is 16.1 Å². The van der Waals surface area contributed by atoms with Gasteiger partial charge < -0.3 is 4.74 Å². The molecule has 1 saturated carbocycles. The molecule has 124 valence electrons. The van der Waals surface area contributed by atoms with Crippen LogP contribution in [0, 0.1) is 11.8 Å². The summed E-state index contributed by atoms with van der Waals surface area (Å²) in [6, 6.07) is 11.5. The van der Waals surface area contributed by atoms with Crippen LogP contribution in [0.25, 0.3) is 0 Å². The van der Waals surface area contributed by atoms with Gasteiger partial charge in [-0.05, 0) is 24.3 Å². The van der Waals surface area contributed by atoms with Gasteiger partial charge in [0.05, 0.1) is 13.2 Å². The van der Waals surface area contributed by atoms with Gasteiger partial charge in [0.15, 0.2) is 0 Å². The minimum atomic E-state index is 0.279. The smallest absolute Gasteiger partial charge is 0.136 e. The highest BCUT2D eigenvalue weighted by Gasteiger charge is 2.41. The van der Waals surface area contributed by atoms with E-state index in [-0.39, 0.29) is 5.92 Å². The highest BCUT2D eigenvalue weighted by molar-refractivity contribution is 5.81. The first-order valence-corrected chi connectivity index (χ1v) is 9.19. The first kappa shape index (κ1) is 15.3. The van der Waals surface area contributed by atoms with Crippen LogP contribution in [0.1, 0.15) is 44.1 Å². The largest absolute Gasteiger partial charge is 0.378 e. The van der Waals surface area contributed by atoms with E-state index >= 15 is 0 Å². The number of nitrogens with zero attached hydrogens (tertiary/aromatic N) is 1. The predicted octanol–water partition coefficient (Wildman–Crippen LogP) is 3.43. The van der Waals surface area contributed by atoms with Crippen molar-refractivity contribution >= 4 is 5.78 Å². The summed E-state index contributed by atoms with van der Waals surface area (Å²) in [4.78, 5) is 15.2. The maximum Gasteiger partial charge on any atom is 0.136 e. The molecule has 2 heterocycles. The number of rotatable bonds is 5. The maximum absolute atomic E-state index is 12.6. The van der Waals surface area contributed by atoms with E-state index < -0.39 is 0 Å². The second-order valence-electron chi connectivity index (χ2n) is 7.64. The van der Waals surface area contributed by atoms with Crippen LogP contribution in [0.3, 0.4) is 0 Å². The number of carbonyl (C=O) groups is 1. The standard InChI is InChI=1S/C20H27NO2/c22-20(9-15-7-4-8-15)17-10-18-13-23-14-19(11-17)21(18)12-16-5-2-1-3-6-16/h1-3,5-6,15,17-19H,4,7-14H2. The fourth-order valence-electron chi connectivity index (χ4n) is 4.45. The minimum absolute atomic E-state index is 0.279. The molecule has 2 atom stereocenters. The molecule has 0 N–H and O–H groups in total. The number of carbonyl (C=O) groups excluding carboxylic acids is 1. The summed E-state index contributed by atoms with van der Waals surface area (Å²) in [6.45, 7) is 2.57. The van der Waals surface area contributed by atoms with Gasteiger partial charge in [-0.25, -0.2) is 0 Å². The quantitative estimate of drug-likeness (QED) is 0.834. The number of fused-ring (bicyclic) bond motifs is 2. The van der Waals surface area contributed by atoms with Gasteiger partial charge in [0.2, 0.25) is 0 Å². The third-order valence-corrected chi connectivity index (χ3v) is 6.05. The monoisotopic (exact) mass is 313 g/mol. The van der Waals surface area contributed by atoms with Crippen molar-refractivity contribution in [3.63, 3.8) is 0 Å². The lowest BCUT2D eigenvalue weighted by molar-refractivity contribution is -0.135. The van der Waals surface area contributed by atoms with E-state index in [2.05, 4.69) is 35.2 Å². The molecule has 23 heavy (non-hydrogen) atoms. The summed E-state index contributed by atoms with van der Waals surface area (Å²) in [5, 5.41) is 0. The van der Waals surface area contributed by atoms with Crippen molar-refractivity contribution in [3.8, 4) is 0 Å². The number of Topliss-reactive ketones (excluding diaryl/α,β-unsaturated/α-hetero) is 1. The van der Waals surface area contributed by atoms with E-state index in [0.29, 0.717) is 23.8 Å². The molecular weight excluding hydrogens is 286 g/mol. The Kier molecular flexibility index (Phi) is 4.50. The van der Waals surface area contributed by atoms with Crippen molar-refractivity contribution in [3.05, 3.63) is 35.9 Å². The lowest BCUT2D eigenvalue weighted by atomic mass is 9.76. The second-order valence-corrected chi connectivity index (χ2v) is 7.64. The third kappa shape index (κ3) is 3.36. The summed E-state index contributed by atoms with van der Waals surface area (Å²) in [5.41, 5.74) is 1.36. The van der Waals surface area contributed by atoms with Gasteiger partial charge in [0.1, 0.15) is 5.78 Å². The van der Waals surface area contributed by atoms with Crippen LogP contribution < -0.4 is 0 Å². The van der Waals surface area contributed by atoms with Crippen LogP contribution in [-0.4, -0.2) is 36.0 Å². The van der Waals surface area contributed by atoms with Gasteiger partial charge in [-0.1, -0.05) is 49.6 Å². The Morgan fingerprint density at radius 2 is 1.78 bits per heavy atom. The molecule has 4 rings (SSSR count). The number of morpholine rings is 1. The fourth-order valence-corrected chi connectivity index (χ4v) is 4.45. The molecule has 0 radical (unpaired) electrons. The summed E-state index contributed by atoms with van der Waals surface area (Å²) < 4.78 is 5.79. The van der Waals surface area contributed by atoms with Gasteiger partial charge in [-0.2, -0.15) is 0 Å². The number of hydrogen-bond donors (Lipinski definition) is 0. The third-order valence-electron chi connectivity index (χ3n) is 6.05. The minimum Gasteiger partial charge on any atom is -0.378 e. The normalized spacial score (nSPS) is 31.6. The van der Waals surface area contributed by atoms with Crippen molar-refractivity contribution in [2.24, 2.45) is 11.8 Å². The average Bonchev–Trinajstić information content (AvgIpc) is 2.51. The van der Waals surface area contributed by atoms with Crippen LogP contribution >= 0.6 is 0 Å². The summed E-state index contributed by atoms with van der Waals surface area (Å²) >= 11 is 0. The van der Waals surface area contributed by atoms with Crippen LogP contribution in [0.5, 0.6) is 0 Å². The molecule has 2 aliphatic heterocycles. The van der Waals surface area contributed by atoms with E-state index in [0.717, 1.165) is 39.0 Å². The van der Waals surface area contributed by atoms with Gasteiger partial charge >= 0.3 is 0 Å². The molecule has 1 aromatic rings. The topological polar surface area (TPSA) is 29.5 Å². The summed E-state index contributed by atoms with van der Waals surface area (Å²) in [7, 11) is 0. The van der Waals surface area contributed by atoms with Gasteiger partial charge in [-0.3, -0.25) is 9.69 Å². The Bertz CT molecular complexity index is 526. The first-order valence-electron chi connectivity index (χ1n) is 9.19.